The average molecular weight is 530 g/mol. The first-order valence-electron chi connectivity index (χ1n) is 10.7. The number of nitrogens with one attached hydrogen (secondary N) is 1. The van der Waals surface area contributed by atoms with Gasteiger partial charge in [0, 0.05) is 18.1 Å². The van der Waals surface area contributed by atoms with Crippen molar-refractivity contribution in [2.75, 3.05) is 43.3 Å². The van der Waals surface area contributed by atoms with Crippen LogP contribution < -0.4 is 14.4 Å². The number of nitrogens with zero attached hydrogens (tertiary/aromatic N) is 2. The van der Waals surface area contributed by atoms with Crippen molar-refractivity contribution in [3.63, 3.8) is 0 Å². The molecule has 1 saturated heterocycles. The largest absolute Gasteiger partial charge is 0.492 e. The maximum atomic E-state index is 12.6. The van der Waals surface area contributed by atoms with E-state index in [1.807, 2.05) is 0 Å². The van der Waals surface area contributed by atoms with E-state index in [2.05, 4.69) is 5.32 Å². The number of halogens is 1. The molecule has 0 unspecified atom stereocenters. The number of carbonyl (C=O) groups is 1. The van der Waals surface area contributed by atoms with Crippen LogP contribution in [0.2, 0.25) is 5.02 Å². The average Bonchev–Trinajstić information content (AvgIpc) is 3.33. The number of rotatable bonds is 10. The Morgan fingerprint density at radius 3 is 2.35 bits per heavy atom. The molecule has 9 nitrogen and oxygen atoms in total. The summed E-state index contributed by atoms with van der Waals surface area (Å²) in [5.74, 6) is -0.0395. The molecule has 0 aromatic heterocycles. The molecule has 1 heterocycles. The highest BCUT2D eigenvalue weighted by Gasteiger charge is 2.27. The molecule has 2 aromatic carbocycles. The summed E-state index contributed by atoms with van der Waals surface area (Å²) in [5, 5.41) is 3.03. The Kier molecular flexibility index (Phi) is 8.45. The van der Waals surface area contributed by atoms with Crippen LogP contribution in [-0.2, 0) is 24.8 Å². The lowest BCUT2D eigenvalue weighted by Crippen LogP contribution is -2.41. The predicted molar refractivity (Wildman–Crippen MR) is 131 cm³/mol. The van der Waals surface area contributed by atoms with Crippen LogP contribution in [0.1, 0.15) is 18.4 Å². The predicted octanol–water partition coefficient (Wildman–Crippen LogP) is 2.39. The molecule has 1 fully saturated rings. The zero-order valence-electron chi connectivity index (χ0n) is 19.0. The van der Waals surface area contributed by atoms with Gasteiger partial charge in [-0.05, 0) is 61.7 Å². The maximum absolute atomic E-state index is 12.6. The van der Waals surface area contributed by atoms with E-state index < -0.39 is 32.5 Å². The van der Waals surface area contributed by atoms with E-state index in [0.29, 0.717) is 35.1 Å². The molecule has 1 N–H and O–H groups in total. The summed E-state index contributed by atoms with van der Waals surface area (Å²) in [7, 11) is -7.20. The summed E-state index contributed by atoms with van der Waals surface area (Å²) in [4.78, 5) is 12.6. The van der Waals surface area contributed by atoms with Gasteiger partial charge in [0.15, 0.2) is 0 Å². The topological polar surface area (TPSA) is 113 Å². The van der Waals surface area contributed by atoms with Gasteiger partial charge in [0.25, 0.3) is 0 Å². The van der Waals surface area contributed by atoms with Crippen LogP contribution >= 0.6 is 11.6 Å². The van der Waals surface area contributed by atoms with Crippen LogP contribution in [-0.4, -0.2) is 66.1 Å². The summed E-state index contributed by atoms with van der Waals surface area (Å²) in [5.41, 5.74) is 0.895. The Hall–Kier alpha value is -2.34. The van der Waals surface area contributed by atoms with Crippen LogP contribution in [0.25, 0.3) is 0 Å². The molecule has 3 rings (SSSR count). The summed E-state index contributed by atoms with van der Waals surface area (Å²) < 4.78 is 57.7. The van der Waals surface area contributed by atoms with Gasteiger partial charge in [-0.3, -0.25) is 9.10 Å². The number of ether oxygens (including phenoxy) is 1. The molecule has 1 aliphatic heterocycles. The third kappa shape index (κ3) is 6.41. The number of benzene rings is 2. The smallest absolute Gasteiger partial charge is 0.243 e. The maximum Gasteiger partial charge on any atom is 0.243 e. The minimum atomic E-state index is -3.72. The fourth-order valence-electron chi connectivity index (χ4n) is 3.58. The van der Waals surface area contributed by atoms with E-state index >= 15 is 0 Å². The second-order valence-corrected chi connectivity index (χ2v) is 12.2. The monoisotopic (exact) mass is 529 g/mol. The third-order valence-electron chi connectivity index (χ3n) is 5.41. The Bertz CT molecular complexity index is 1230. The van der Waals surface area contributed by atoms with Crippen molar-refractivity contribution in [1.29, 1.82) is 0 Å². The van der Waals surface area contributed by atoms with Gasteiger partial charge >= 0.3 is 0 Å². The molecule has 1 aliphatic rings. The van der Waals surface area contributed by atoms with E-state index in [1.165, 1.54) is 16.4 Å². The van der Waals surface area contributed by atoms with Gasteiger partial charge < -0.3 is 10.1 Å². The number of hydrogen-bond acceptors (Lipinski definition) is 6. The van der Waals surface area contributed by atoms with Crippen LogP contribution in [0, 0.1) is 6.92 Å². The summed E-state index contributed by atoms with van der Waals surface area (Å²) in [6, 6.07) is 11.0. The zero-order valence-corrected chi connectivity index (χ0v) is 21.4. The fourth-order valence-corrected chi connectivity index (χ4v) is 6.17. The molecule has 0 spiro atoms. The summed E-state index contributed by atoms with van der Waals surface area (Å²) >= 11 is 6.10. The lowest BCUT2D eigenvalue weighted by molar-refractivity contribution is -0.119. The van der Waals surface area contributed by atoms with Gasteiger partial charge in [-0.15, -0.1) is 0 Å². The van der Waals surface area contributed by atoms with Crippen LogP contribution in [0.15, 0.2) is 47.4 Å². The number of hydrogen-bond donors (Lipinski definition) is 1. The minimum absolute atomic E-state index is 0.124. The Morgan fingerprint density at radius 2 is 1.74 bits per heavy atom. The third-order valence-corrected chi connectivity index (χ3v) is 8.86. The van der Waals surface area contributed by atoms with Gasteiger partial charge in [0.05, 0.1) is 23.4 Å². The molecule has 12 heteroatoms. The molecule has 0 saturated carbocycles. The first-order chi connectivity index (χ1) is 16.0. The van der Waals surface area contributed by atoms with Crippen LogP contribution in [0.5, 0.6) is 5.75 Å². The number of sulfonamides is 2. The van der Waals surface area contributed by atoms with Crippen LogP contribution in [0.3, 0.4) is 0 Å². The molecule has 2 aromatic rings. The standard InChI is InChI=1S/C22H28ClN3O6S2/c1-17-20(23)6-5-7-21(17)26(33(2,28)29)16-22(27)24-12-15-32-18-8-10-19(11-9-18)34(30,31)25-13-3-4-14-25/h5-11H,3-4,12-16H2,1-2H3,(H,24,27). The van der Waals surface area contributed by atoms with Gasteiger partial charge in [-0.25, -0.2) is 16.8 Å². The first-order valence-corrected chi connectivity index (χ1v) is 14.4. The van der Waals surface area contributed by atoms with Crippen LogP contribution in [0.4, 0.5) is 5.69 Å². The molecule has 0 aliphatic carbocycles. The number of amides is 1. The van der Waals surface area contributed by atoms with E-state index in [9.17, 15) is 21.6 Å². The Labute approximate surface area is 205 Å². The molecule has 0 atom stereocenters. The SMILES string of the molecule is Cc1c(Cl)cccc1N(CC(=O)NCCOc1ccc(S(=O)(=O)N2CCCC2)cc1)S(C)(=O)=O. The molecule has 0 radical (unpaired) electrons. The van der Waals surface area contributed by atoms with E-state index in [4.69, 9.17) is 16.3 Å². The van der Waals surface area contributed by atoms with Crippen molar-refractivity contribution in [3.05, 3.63) is 53.1 Å². The highest BCUT2D eigenvalue weighted by molar-refractivity contribution is 7.92. The van der Waals surface area contributed by atoms with E-state index in [-0.39, 0.29) is 18.0 Å². The van der Waals surface area contributed by atoms with Gasteiger partial charge in [-0.1, -0.05) is 17.7 Å². The number of anilines is 1. The Balaban J connectivity index is 1.52. The summed E-state index contributed by atoms with van der Waals surface area (Å²) in [6.45, 7) is 2.62. The van der Waals surface area contributed by atoms with Gasteiger partial charge in [0.1, 0.15) is 18.9 Å². The van der Waals surface area contributed by atoms with E-state index in [1.54, 1.807) is 37.3 Å². The highest BCUT2D eigenvalue weighted by atomic mass is 35.5. The second-order valence-electron chi connectivity index (χ2n) is 7.93. The summed E-state index contributed by atoms with van der Waals surface area (Å²) in [6.07, 6.45) is 2.76. The first kappa shape index (κ1) is 26.3. The van der Waals surface area contributed by atoms with Crippen molar-refractivity contribution >= 4 is 43.2 Å². The van der Waals surface area contributed by atoms with Crippen molar-refractivity contribution in [2.45, 2.75) is 24.7 Å². The zero-order chi connectivity index (χ0) is 24.9. The van der Waals surface area contributed by atoms with Crippen molar-refractivity contribution in [1.82, 2.24) is 9.62 Å². The Morgan fingerprint density at radius 1 is 1.09 bits per heavy atom. The van der Waals surface area contributed by atoms with Crippen molar-refractivity contribution in [2.24, 2.45) is 0 Å². The van der Waals surface area contributed by atoms with Gasteiger partial charge in [0.2, 0.25) is 26.0 Å². The molecule has 0 bridgehead atoms. The molecular formula is C22H28ClN3O6S2. The van der Waals surface area contributed by atoms with Crippen molar-refractivity contribution < 1.29 is 26.4 Å². The lowest BCUT2D eigenvalue weighted by atomic mass is 10.2. The lowest BCUT2D eigenvalue weighted by Gasteiger charge is -2.24. The number of carbonyl (C=O) groups excluding carboxylic acids is 1. The molecule has 186 valence electrons. The molecule has 1 amide bonds. The molecular weight excluding hydrogens is 502 g/mol. The second kappa shape index (κ2) is 10.9. The normalized spacial score (nSPS) is 14.7. The van der Waals surface area contributed by atoms with Gasteiger partial charge in [-0.2, -0.15) is 4.31 Å². The fraction of sp³-hybridized carbons (Fsp3) is 0.409. The van der Waals surface area contributed by atoms with E-state index in [0.717, 1.165) is 23.4 Å². The quantitative estimate of drug-likeness (QED) is 0.473. The van der Waals surface area contributed by atoms with Crippen molar-refractivity contribution in [3.8, 4) is 5.75 Å². The molecule has 34 heavy (non-hydrogen) atoms. The highest BCUT2D eigenvalue weighted by Crippen LogP contribution is 2.28. The minimum Gasteiger partial charge on any atom is -0.492 e.